The SMILES string of the molecule is CC(C(=O)N1CCN(c2cccc(C(F)(F)F)c2)CC1)N1C(=O)c2ccccc2C1=O. The third kappa shape index (κ3) is 3.75. The minimum Gasteiger partial charge on any atom is -0.368 e. The van der Waals surface area contributed by atoms with Crippen LogP contribution in [0.5, 0.6) is 0 Å². The van der Waals surface area contributed by atoms with E-state index in [2.05, 4.69) is 0 Å². The number of amides is 3. The maximum atomic E-state index is 13.0. The summed E-state index contributed by atoms with van der Waals surface area (Å²) in [4.78, 5) is 42.5. The molecule has 1 atom stereocenters. The molecule has 1 saturated heterocycles. The number of hydrogen-bond donors (Lipinski definition) is 0. The van der Waals surface area contributed by atoms with Crippen LogP contribution in [0.2, 0.25) is 0 Å². The molecule has 162 valence electrons. The second-order valence-electron chi connectivity index (χ2n) is 7.56. The van der Waals surface area contributed by atoms with Crippen molar-refractivity contribution in [3.8, 4) is 0 Å². The smallest absolute Gasteiger partial charge is 0.368 e. The number of piperazine rings is 1. The lowest BCUT2D eigenvalue weighted by molar-refractivity contribution is -0.137. The molecule has 31 heavy (non-hydrogen) atoms. The van der Waals surface area contributed by atoms with Crippen LogP contribution in [0.15, 0.2) is 48.5 Å². The van der Waals surface area contributed by atoms with E-state index in [-0.39, 0.29) is 30.1 Å². The first kappa shape index (κ1) is 20.9. The van der Waals surface area contributed by atoms with E-state index in [4.69, 9.17) is 0 Å². The molecule has 3 amide bonds. The molecule has 1 unspecified atom stereocenters. The molecule has 2 aliphatic heterocycles. The molecular formula is C22H20F3N3O3. The summed E-state index contributed by atoms with van der Waals surface area (Å²) < 4.78 is 38.9. The molecule has 2 aliphatic rings. The van der Waals surface area contributed by atoms with Crippen molar-refractivity contribution in [1.82, 2.24) is 9.80 Å². The van der Waals surface area contributed by atoms with Crippen molar-refractivity contribution in [3.05, 3.63) is 65.2 Å². The van der Waals surface area contributed by atoms with Crippen LogP contribution in [0.25, 0.3) is 0 Å². The normalized spacial score (nSPS) is 17.7. The van der Waals surface area contributed by atoms with Gasteiger partial charge in [0.05, 0.1) is 16.7 Å². The first-order valence-corrected chi connectivity index (χ1v) is 9.86. The third-order valence-electron chi connectivity index (χ3n) is 5.70. The number of carbonyl (C=O) groups is 3. The van der Waals surface area contributed by atoms with E-state index in [1.54, 1.807) is 40.1 Å². The molecule has 6 nitrogen and oxygen atoms in total. The van der Waals surface area contributed by atoms with Gasteiger partial charge in [-0.2, -0.15) is 13.2 Å². The van der Waals surface area contributed by atoms with E-state index >= 15 is 0 Å². The van der Waals surface area contributed by atoms with Crippen molar-refractivity contribution >= 4 is 23.4 Å². The van der Waals surface area contributed by atoms with Crippen LogP contribution in [0.3, 0.4) is 0 Å². The van der Waals surface area contributed by atoms with Crippen molar-refractivity contribution < 1.29 is 27.6 Å². The second-order valence-corrected chi connectivity index (χ2v) is 7.56. The number of anilines is 1. The van der Waals surface area contributed by atoms with Gasteiger partial charge in [-0.15, -0.1) is 0 Å². The molecular weight excluding hydrogens is 411 g/mol. The van der Waals surface area contributed by atoms with E-state index in [1.165, 1.54) is 13.0 Å². The zero-order valence-corrected chi connectivity index (χ0v) is 16.7. The maximum Gasteiger partial charge on any atom is 0.416 e. The van der Waals surface area contributed by atoms with E-state index in [0.717, 1.165) is 17.0 Å². The van der Waals surface area contributed by atoms with Gasteiger partial charge in [0.25, 0.3) is 11.8 Å². The Morgan fingerprint density at radius 3 is 2.03 bits per heavy atom. The molecule has 0 spiro atoms. The van der Waals surface area contributed by atoms with Gasteiger partial charge >= 0.3 is 6.18 Å². The second kappa shape index (κ2) is 7.72. The summed E-state index contributed by atoms with van der Waals surface area (Å²) in [7, 11) is 0. The highest BCUT2D eigenvalue weighted by Gasteiger charge is 2.42. The Balaban J connectivity index is 1.42. The molecule has 0 aliphatic carbocycles. The molecule has 0 N–H and O–H groups in total. The molecule has 0 aromatic heterocycles. The van der Waals surface area contributed by atoms with Crippen LogP contribution < -0.4 is 4.90 Å². The van der Waals surface area contributed by atoms with Gasteiger partial charge in [0.15, 0.2) is 0 Å². The Kier molecular flexibility index (Phi) is 5.20. The maximum absolute atomic E-state index is 13.0. The zero-order chi connectivity index (χ0) is 22.3. The van der Waals surface area contributed by atoms with Crippen LogP contribution >= 0.6 is 0 Å². The van der Waals surface area contributed by atoms with E-state index in [0.29, 0.717) is 18.8 Å². The van der Waals surface area contributed by atoms with Crippen LogP contribution in [0, 0.1) is 0 Å². The number of carbonyl (C=O) groups excluding carboxylic acids is 3. The first-order chi connectivity index (χ1) is 14.7. The third-order valence-corrected chi connectivity index (χ3v) is 5.70. The Morgan fingerprint density at radius 2 is 1.48 bits per heavy atom. The van der Waals surface area contributed by atoms with Crippen LogP contribution in [-0.2, 0) is 11.0 Å². The summed E-state index contributed by atoms with van der Waals surface area (Å²) >= 11 is 0. The average Bonchev–Trinajstić information content (AvgIpc) is 3.03. The quantitative estimate of drug-likeness (QED) is 0.701. The predicted molar refractivity (Wildman–Crippen MR) is 107 cm³/mol. The molecule has 0 saturated carbocycles. The molecule has 9 heteroatoms. The van der Waals surface area contributed by atoms with Crippen molar-refractivity contribution in [2.45, 2.75) is 19.1 Å². The highest BCUT2D eigenvalue weighted by Crippen LogP contribution is 2.32. The summed E-state index contributed by atoms with van der Waals surface area (Å²) in [6.45, 7) is 2.78. The molecule has 0 radical (unpaired) electrons. The summed E-state index contributed by atoms with van der Waals surface area (Å²) in [5.74, 6) is -1.36. The molecule has 0 bridgehead atoms. The highest BCUT2D eigenvalue weighted by atomic mass is 19.4. The minimum atomic E-state index is -4.42. The number of benzene rings is 2. The van der Waals surface area contributed by atoms with Crippen molar-refractivity contribution in [2.75, 3.05) is 31.1 Å². The number of fused-ring (bicyclic) bond motifs is 1. The van der Waals surface area contributed by atoms with Gasteiger partial charge in [-0.25, -0.2) is 0 Å². The fourth-order valence-electron chi connectivity index (χ4n) is 4.00. The number of halogens is 3. The Bertz CT molecular complexity index is 1010. The molecule has 2 aromatic rings. The number of imide groups is 1. The first-order valence-electron chi connectivity index (χ1n) is 9.86. The number of alkyl halides is 3. The Hall–Kier alpha value is -3.36. The lowest BCUT2D eigenvalue weighted by atomic mass is 10.1. The number of hydrogen-bond acceptors (Lipinski definition) is 4. The number of nitrogens with zero attached hydrogens (tertiary/aromatic N) is 3. The van der Waals surface area contributed by atoms with Gasteiger partial charge in [0, 0.05) is 31.9 Å². The van der Waals surface area contributed by atoms with Crippen molar-refractivity contribution in [3.63, 3.8) is 0 Å². The molecule has 2 aromatic carbocycles. The summed E-state index contributed by atoms with van der Waals surface area (Å²) in [6.07, 6.45) is -4.42. The van der Waals surface area contributed by atoms with E-state index < -0.39 is 29.6 Å². The topological polar surface area (TPSA) is 60.9 Å². The standard InChI is InChI=1S/C22H20F3N3O3/c1-14(28-20(30)17-7-2-3-8-18(17)21(28)31)19(29)27-11-9-26(10-12-27)16-6-4-5-15(13-16)22(23,24)25/h2-8,13-14H,9-12H2,1H3. The van der Waals surface area contributed by atoms with Gasteiger partial charge in [0.2, 0.25) is 5.91 Å². The van der Waals surface area contributed by atoms with Crippen molar-refractivity contribution in [2.24, 2.45) is 0 Å². The summed E-state index contributed by atoms with van der Waals surface area (Å²) in [6, 6.07) is 10.5. The van der Waals surface area contributed by atoms with Crippen LogP contribution in [0.1, 0.15) is 33.2 Å². The minimum absolute atomic E-state index is 0.279. The Morgan fingerprint density at radius 1 is 0.903 bits per heavy atom. The van der Waals surface area contributed by atoms with Gasteiger partial charge in [-0.3, -0.25) is 19.3 Å². The highest BCUT2D eigenvalue weighted by molar-refractivity contribution is 6.22. The zero-order valence-electron chi connectivity index (χ0n) is 16.7. The van der Waals surface area contributed by atoms with Crippen LogP contribution in [0.4, 0.5) is 18.9 Å². The molecule has 2 heterocycles. The summed E-state index contributed by atoms with van der Waals surface area (Å²) in [5, 5.41) is 0. The fourth-order valence-corrected chi connectivity index (χ4v) is 4.00. The molecule has 1 fully saturated rings. The fraction of sp³-hybridized carbons (Fsp3) is 0.318. The van der Waals surface area contributed by atoms with Crippen LogP contribution in [-0.4, -0.2) is 59.7 Å². The monoisotopic (exact) mass is 431 g/mol. The van der Waals surface area contributed by atoms with Gasteiger partial charge < -0.3 is 9.80 Å². The molecule has 4 rings (SSSR count). The van der Waals surface area contributed by atoms with E-state index in [1.807, 2.05) is 0 Å². The lowest BCUT2D eigenvalue weighted by Gasteiger charge is -2.38. The van der Waals surface area contributed by atoms with E-state index in [9.17, 15) is 27.6 Å². The van der Waals surface area contributed by atoms with Gasteiger partial charge in [-0.1, -0.05) is 18.2 Å². The average molecular weight is 431 g/mol. The lowest BCUT2D eigenvalue weighted by Crippen LogP contribution is -2.55. The van der Waals surface area contributed by atoms with Gasteiger partial charge in [0.1, 0.15) is 6.04 Å². The Labute approximate surface area is 176 Å². The van der Waals surface area contributed by atoms with Crippen molar-refractivity contribution in [1.29, 1.82) is 0 Å². The predicted octanol–water partition coefficient (Wildman–Crippen LogP) is 3.04. The largest absolute Gasteiger partial charge is 0.416 e. The van der Waals surface area contributed by atoms with Gasteiger partial charge in [-0.05, 0) is 37.3 Å². The number of rotatable bonds is 3. The summed E-state index contributed by atoms with van der Waals surface area (Å²) in [5.41, 5.74) is 0.279.